The fraction of sp³-hybridized carbons (Fsp3) is 0.688. The Balaban J connectivity index is 0.00000312. The third kappa shape index (κ3) is 6.96. The van der Waals surface area contributed by atoms with Crippen LogP contribution in [-0.4, -0.2) is 53.7 Å². The van der Waals surface area contributed by atoms with Crippen molar-refractivity contribution in [1.29, 1.82) is 0 Å². The lowest BCUT2D eigenvalue weighted by Crippen LogP contribution is -2.44. The molecule has 0 radical (unpaired) electrons. The number of ether oxygens (including phenoxy) is 1. The molecule has 9 heteroatoms. The number of carbonyl (C=O) groups is 1. The number of rotatable bonds is 3. The Hall–Kier alpha value is -1.10. The van der Waals surface area contributed by atoms with Crippen LogP contribution in [0.2, 0.25) is 0 Å². The number of amides is 1. The second-order valence-corrected chi connectivity index (χ2v) is 7.78. The van der Waals surface area contributed by atoms with Crippen LogP contribution in [0.25, 0.3) is 0 Å². The number of carbonyl (C=O) groups excluding carboxylic acids is 1. The molecule has 25 heavy (non-hydrogen) atoms. The van der Waals surface area contributed by atoms with Crippen molar-refractivity contribution in [2.45, 2.75) is 52.3 Å². The number of hydrogen-bond donors (Lipinski definition) is 2. The summed E-state index contributed by atoms with van der Waals surface area (Å²) >= 11 is 1.64. The Morgan fingerprint density at radius 1 is 1.52 bits per heavy atom. The normalized spacial score (nSPS) is 17.9. The number of nitrogens with one attached hydrogen (secondary N) is 2. The maximum atomic E-state index is 11.9. The van der Waals surface area contributed by atoms with Gasteiger partial charge >= 0.3 is 6.09 Å². The van der Waals surface area contributed by atoms with Crippen molar-refractivity contribution >= 4 is 47.4 Å². The molecule has 1 saturated heterocycles. The number of thiazole rings is 1. The minimum Gasteiger partial charge on any atom is -0.444 e. The van der Waals surface area contributed by atoms with Crippen LogP contribution in [0, 0.1) is 6.92 Å². The van der Waals surface area contributed by atoms with Crippen LogP contribution in [0.5, 0.6) is 0 Å². The lowest BCUT2D eigenvalue weighted by atomic mass is 10.2. The third-order valence-electron chi connectivity index (χ3n) is 3.67. The Bertz CT molecular complexity index is 600. The monoisotopic (exact) mass is 481 g/mol. The highest BCUT2D eigenvalue weighted by Crippen LogP contribution is 2.14. The number of aryl methyl sites for hydroxylation is 1. The SMILES string of the molecule is CN=C(NCc1scnc1C)N1CCC(NC(=O)OC(C)(C)C)C1.I. The minimum absolute atomic E-state index is 0. The van der Waals surface area contributed by atoms with E-state index < -0.39 is 5.60 Å². The van der Waals surface area contributed by atoms with Gasteiger partial charge in [-0.2, -0.15) is 0 Å². The molecule has 2 rings (SSSR count). The van der Waals surface area contributed by atoms with Crippen LogP contribution in [-0.2, 0) is 11.3 Å². The first-order chi connectivity index (χ1) is 11.3. The van der Waals surface area contributed by atoms with Crippen LogP contribution in [0.1, 0.15) is 37.8 Å². The summed E-state index contributed by atoms with van der Waals surface area (Å²) < 4.78 is 5.31. The Labute approximate surface area is 170 Å². The molecule has 1 unspecified atom stereocenters. The van der Waals surface area contributed by atoms with Crippen molar-refractivity contribution in [2.75, 3.05) is 20.1 Å². The predicted octanol–water partition coefficient (Wildman–Crippen LogP) is 2.74. The first kappa shape index (κ1) is 21.9. The van der Waals surface area contributed by atoms with Gasteiger partial charge in [0, 0.05) is 25.0 Å². The highest BCUT2D eigenvalue weighted by Gasteiger charge is 2.27. The molecule has 0 aliphatic carbocycles. The summed E-state index contributed by atoms with van der Waals surface area (Å²) in [7, 11) is 1.77. The maximum Gasteiger partial charge on any atom is 0.407 e. The van der Waals surface area contributed by atoms with Gasteiger partial charge in [-0.15, -0.1) is 35.3 Å². The largest absolute Gasteiger partial charge is 0.444 e. The standard InChI is InChI=1S/C16H27N5O2S.HI/c1-11-13(24-10-19-11)8-18-14(17-5)21-7-6-12(9-21)20-15(22)23-16(2,3)4;/h10,12H,6-9H2,1-5H3,(H,17,18)(H,20,22);1H. The summed E-state index contributed by atoms with van der Waals surface area (Å²) in [4.78, 5) is 23.8. The number of aliphatic imine (C=N–C) groups is 1. The van der Waals surface area contributed by atoms with Gasteiger partial charge < -0.3 is 20.3 Å². The predicted molar refractivity (Wildman–Crippen MR) is 112 cm³/mol. The maximum absolute atomic E-state index is 11.9. The van der Waals surface area contributed by atoms with Crippen molar-refractivity contribution in [3.63, 3.8) is 0 Å². The molecule has 1 aliphatic heterocycles. The van der Waals surface area contributed by atoms with E-state index in [9.17, 15) is 4.79 Å². The number of guanidine groups is 1. The van der Waals surface area contributed by atoms with Crippen molar-refractivity contribution in [3.05, 3.63) is 16.1 Å². The summed E-state index contributed by atoms with van der Waals surface area (Å²) in [5.41, 5.74) is 2.42. The zero-order valence-electron chi connectivity index (χ0n) is 15.5. The summed E-state index contributed by atoms with van der Waals surface area (Å²) in [6.07, 6.45) is 0.511. The molecular weight excluding hydrogens is 453 g/mol. The number of halogens is 1. The Morgan fingerprint density at radius 3 is 2.80 bits per heavy atom. The third-order valence-corrected chi connectivity index (χ3v) is 4.61. The van der Waals surface area contributed by atoms with E-state index in [0.29, 0.717) is 6.54 Å². The van der Waals surface area contributed by atoms with Gasteiger partial charge in [-0.05, 0) is 34.1 Å². The fourth-order valence-electron chi connectivity index (χ4n) is 2.53. The minimum atomic E-state index is -0.480. The van der Waals surface area contributed by atoms with Gasteiger partial charge in [0.15, 0.2) is 5.96 Å². The van der Waals surface area contributed by atoms with Gasteiger partial charge in [-0.3, -0.25) is 4.99 Å². The molecular formula is C16H28IN5O2S. The molecule has 0 bridgehead atoms. The van der Waals surface area contributed by atoms with Gasteiger partial charge in [0.1, 0.15) is 5.60 Å². The summed E-state index contributed by atoms with van der Waals surface area (Å²) in [6.45, 7) is 9.88. The van der Waals surface area contributed by atoms with E-state index in [2.05, 4.69) is 25.5 Å². The van der Waals surface area contributed by atoms with E-state index in [0.717, 1.165) is 31.2 Å². The van der Waals surface area contributed by atoms with E-state index in [1.54, 1.807) is 18.4 Å². The van der Waals surface area contributed by atoms with E-state index in [1.165, 1.54) is 4.88 Å². The zero-order valence-corrected chi connectivity index (χ0v) is 18.6. The van der Waals surface area contributed by atoms with Crippen LogP contribution in [0.3, 0.4) is 0 Å². The molecule has 0 spiro atoms. The van der Waals surface area contributed by atoms with Crippen LogP contribution in [0.15, 0.2) is 10.5 Å². The van der Waals surface area contributed by atoms with Gasteiger partial charge in [0.2, 0.25) is 0 Å². The molecule has 1 aromatic rings. The van der Waals surface area contributed by atoms with Crippen molar-refractivity contribution in [2.24, 2.45) is 4.99 Å². The number of alkyl carbamates (subject to hydrolysis) is 1. The summed E-state index contributed by atoms with van der Waals surface area (Å²) in [6, 6.07) is 0.0727. The molecule has 0 aromatic carbocycles. The van der Waals surface area contributed by atoms with E-state index >= 15 is 0 Å². The number of nitrogens with zero attached hydrogens (tertiary/aromatic N) is 3. The lowest BCUT2D eigenvalue weighted by molar-refractivity contribution is 0.0507. The number of hydrogen-bond acceptors (Lipinski definition) is 5. The van der Waals surface area contributed by atoms with Gasteiger partial charge in [0.05, 0.1) is 23.8 Å². The Morgan fingerprint density at radius 2 is 2.24 bits per heavy atom. The van der Waals surface area contributed by atoms with Gasteiger partial charge in [-0.1, -0.05) is 0 Å². The zero-order chi connectivity index (χ0) is 17.7. The Kier molecular flexibility index (Phi) is 8.39. The highest BCUT2D eigenvalue weighted by molar-refractivity contribution is 14.0. The number of likely N-dealkylation sites (tertiary alicyclic amines) is 1. The quantitative estimate of drug-likeness (QED) is 0.395. The van der Waals surface area contributed by atoms with Gasteiger partial charge in [-0.25, -0.2) is 9.78 Å². The van der Waals surface area contributed by atoms with Crippen LogP contribution in [0.4, 0.5) is 4.79 Å². The van der Waals surface area contributed by atoms with Gasteiger partial charge in [0.25, 0.3) is 0 Å². The van der Waals surface area contributed by atoms with Crippen LogP contribution < -0.4 is 10.6 Å². The second kappa shape index (κ2) is 9.56. The van der Waals surface area contributed by atoms with Crippen molar-refractivity contribution in [3.8, 4) is 0 Å². The fourth-order valence-corrected chi connectivity index (χ4v) is 3.25. The summed E-state index contributed by atoms with van der Waals surface area (Å²) in [5.74, 6) is 0.844. The summed E-state index contributed by atoms with van der Waals surface area (Å²) in [5, 5.41) is 6.30. The molecule has 2 N–H and O–H groups in total. The second-order valence-electron chi connectivity index (χ2n) is 6.84. The van der Waals surface area contributed by atoms with E-state index in [1.807, 2.05) is 33.2 Å². The molecule has 142 valence electrons. The average molecular weight is 481 g/mol. The van der Waals surface area contributed by atoms with E-state index in [-0.39, 0.29) is 36.1 Å². The topological polar surface area (TPSA) is 78.9 Å². The molecule has 1 atom stereocenters. The molecule has 1 fully saturated rings. The van der Waals surface area contributed by atoms with Crippen LogP contribution >= 0.6 is 35.3 Å². The number of aromatic nitrogens is 1. The first-order valence-electron chi connectivity index (χ1n) is 8.12. The first-order valence-corrected chi connectivity index (χ1v) is 9.00. The van der Waals surface area contributed by atoms with Crippen molar-refractivity contribution in [1.82, 2.24) is 20.5 Å². The molecule has 1 aromatic heterocycles. The van der Waals surface area contributed by atoms with E-state index in [4.69, 9.17) is 4.74 Å². The smallest absolute Gasteiger partial charge is 0.407 e. The highest BCUT2D eigenvalue weighted by atomic mass is 127. The molecule has 0 saturated carbocycles. The molecule has 1 amide bonds. The van der Waals surface area contributed by atoms with Crippen molar-refractivity contribution < 1.29 is 9.53 Å². The molecule has 7 nitrogen and oxygen atoms in total. The lowest BCUT2D eigenvalue weighted by Gasteiger charge is -2.23. The average Bonchev–Trinajstić information content (AvgIpc) is 3.07. The molecule has 2 heterocycles. The molecule has 1 aliphatic rings.